The fourth-order valence-electron chi connectivity index (χ4n) is 12.8. The van der Waals surface area contributed by atoms with Gasteiger partial charge in [0.15, 0.2) is 0 Å². The van der Waals surface area contributed by atoms with Gasteiger partial charge in [0.1, 0.15) is 0 Å². The van der Waals surface area contributed by atoms with Crippen LogP contribution in [0.1, 0.15) is 115 Å². The summed E-state index contributed by atoms with van der Waals surface area (Å²) in [5.74, 6) is 1.90. The van der Waals surface area contributed by atoms with Gasteiger partial charge in [-0.15, -0.1) is 0 Å². The highest BCUT2D eigenvalue weighted by atomic mass is 16.7. The standard InChI is InChI=1S/C41H57NO4/c1-26(2)29-16-22-41(23-19-34(43)42(8)46-9)25-24-39(6)31(35(29)41)14-15-33-38(5)20-17-30(27-10-12-28(13-11-27)36(44)45)37(3,4)32(38)18-21-40(33,39)7/h10-13,17,19,23,29,31-33,35H,1,14-16,18,20-22,24-25H2,2-9H3,(H,44,45)/b23-19+/t29-,31?,32?,33?,35?,38-,39+,40+,41-/m0/s1. The maximum absolute atomic E-state index is 12.8. The summed E-state index contributed by atoms with van der Waals surface area (Å²) >= 11 is 0. The van der Waals surface area contributed by atoms with Crippen LogP contribution in [0.4, 0.5) is 0 Å². The van der Waals surface area contributed by atoms with E-state index in [1.807, 2.05) is 12.1 Å². The third-order valence-corrected chi connectivity index (χ3v) is 15.3. The number of likely N-dealkylation sites (N-methyl/N-ethyl adjacent to an activating group) is 1. The Labute approximate surface area is 277 Å². The summed E-state index contributed by atoms with van der Waals surface area (Å²) in [5.41, 5.74) is 4.95. The SMILES string of the molecule is C=C(C)[C@@H]1CC[C@]2(/C=C/C(=O)N(C)OC)CC[C@]3(C)C(CCC4[C@@]5(C)CC=C(c6ccc(C(=O)O)cc6)C(C)(C)C5CC[C@]43C)C12. The number of nitrogens with zero attached hydrogens (tertiary/aromatic N) is 1. The molecule has 0 aliphatic heterocycles. The van der Waals surface area contributed by atoms with Crippen LogP contribution in [0.2, 0.25) is 0 Å². The normalized spacial score (nSPS) is 41.0. The fourth-order valence-corrected chi connectivity index (χ4v) is 12.8. The zero-order valence-corrected chi connectivity index (χ0v) is 29.6. The molecule has 5 aliphatic carbocycles. The zero-order chi connectivity index (χ0) is 33.4. The van der Waals surface area contributed by atoms with E-state index in [1.54, 1.807) is 32.4 Å². The monoisotopic (exact) mass is 627 g/mol. The summed E-state index contributed by atoms with van der Waals surface area (Å²) in [6, 6.07) is 7.55. The van der Waals surface area contributed by atoms with Crippen molar-refractivity contribution in [1.82, 2.24) is 5.06 Å². The molecule has 5 aliphatic rings. The van der Waals surface area contributed by atoms with Crippen molar-refractivity contribution >= 4 is 17.4 Å². The Morgan fingerprint density at radius 1 is 0.935 bits per heavy atom. The molecule has 4 saturated carbocycles. The lowest BCUT2D eigenvalue weighted by molar-refractivity contribution is -0.221. The number of allylic oxidation sites excluding steroid dienone is 4. The van der Waals surface area contributed by atoms with Gasteiger partial charge in [0.25, 0.3) is 5.91 Å². The molecule has 0 saturated heterocycles. The third-order valence-electron chi connectivity index (χ3n) is 15.3. The van der Waals surface area contributed by atoms with Crippen LogP contribution < -0.4 is 0 Å². The minimum absolute atomic E-state index is 0.00172. The maximum Gasteiger partial charge on any atom is 0.335 e. The number of fused-ring (bicyclic) bond motifs is 7. The van der Waals surface area contributed by atoms with Crippen LogP contribution >= 0.6 is 0 Å². The van der Waals surface area contributed by atoms with E-state index in [0.29, 0.717) is 35.2 Å². The number of rotatable bonds is 6. The molecule has 1 aromatic rings. The predicted molar refractivity (Wildman–Crippen MR) is 185 cm³/mol. The van der Waals surface area contributed by atoms with Crippen LogP contribution in [-0.2, 0) is 9.63 Å². The van der Waals surface area contributed by atoms with E-state index in [1.165, 1.54) is 60.3 Å². The molecular formula is C41H57NO4. The number of carboxylic acid groups (broad SMARTS) is 1. The third kappa shape index (κ3) is 4.65. The van der Waals surface area contributed by atoms with Crippen LogP contribution in [0.25, 0.3) is 5.57 Å². The lowest BCUT2D eigenvalue weighted by Gasteiger charge is -2.72. The molecule has 0 spiro atoms. The van der Waals surface area contributed by atoms with Crippen molar-refractivity contribution in [2.45, 2.75) is 99.3 Å². The van der Waals surface area contributed by atoms with Gasteiger partial charge in [-0.1, -0.05) is 71.1 Å². The number of carbonyl (C=O) groups is 2. The first-order valence-corrected chi connectivity index (χ1v) is 17.8. The molecule has 1 aromatic carbocycles. The van der Waals surface area contributed by atoms with Crippen LogP contribution in [0, 0.1) is 56.7 Å². The Kier molecular flexibility index (Phi) is 8.10. The number of benzene rings is 1. The van der Waals surface area contributed by atoms with Crippen molar-refractivity contribution in [2.24, 2.45) is 56.7 Å². The highest BCUT2D eigenvalue weighted by Gasteiger charge is 2.70. The second kappa shape index (κ2) is 11.2. The van der Waals surface area contributed by atoms with Crippen LogP contribution in [0.3, 0.4) is 0 Å². The second-order valence-corrected chi connectivity index (χ2v) is 17.2. The molecule has 9 atom stereocenters. The van der Waals surface area contributed by atoms with Gasteiger partial charge in [0, 0.05) is 13.1 Å². The van der Waals surface area contributed by atoms with Gasteiger partial charge in [-0.25, -0.2) is 9.86 Å². The smallest absolute Gasteiger partial charge is 0.335 e. The van der Waals surface area contributed by atoms with Crippen LogP contribution in [0.15, 0.2) is 54.6 Å². The molecule has 0 heterocycles. The first-order chi connectivity index (χ1) is 21.6. The summed E-state index contributed by atoms with van der Waals surface area (Å²) in [7, 11) is 3.23. The van der Waals surface area contributed by atoms with Crippen molar-refractivity contribution in [1.29, 1.82) is 0 Å². The van der Waals surface area contributed by atoms with Crippen molar-refractivity contribution in [3.8, 4) is 0 Å². The Bertz CT molecular complexity index is 1470. The van der Waals surface area contributed by atoms with Gasteiger partial charge in [-0.05, 0) is 145 Å². The summed E-state index contributed by atoms with van der Waals surface area (Å²) in [5, 5.41) is 10.8. The summed E-state index contributed by atoms with van der Waals surface area (Å²) in [6.45, 7) is 19.6. The second-order valence-electron chi connectivity index (χ2n) is 17.2. The Morgan fingerprint density at radius 3 is 2.26 bits per heavy atom. The van der Waals surface area contributed by atoms with Gasteiger partial charge in [0.05, 0.1) is 12.7 Å². The molecule has 4 fully saturated rings. The molecule has 1 N–H and O–H groups in total. The molecule has 5 heteroatoms. The van der Waals surface area contributed by atoms with Crippen molar-refractivity contribution in [2.75, 3.05) is 14.2 Å². The van der Waals surface area contributed by atoms with Crippen molar-refractivity contribution in [3.05, 3.63) is 65.8 Å². The number of hydrogen-bond donors (Lipinski definition) is 1. The highest BCUT2D eigenvalue weighted by Crippen LogP contribution is 2.77. The molecule has 6 rings (SSSR count). The molecule has 0 radical (unpaired) electrons. The predicted octanol–water partition coefficient (Wildman–Crippen LogP) is 9.61. The van der Waals surface area contributed by atoms with E-state index in [2.05, 4.69) is 60.3 Å². The quantitative estimate of drug-likeness (QED) is 0.194. The fraction of sp³-hybridized carbons (Fsp3) is 0.659. The van der Waals surface area contributed by atoms with E-state index < -0.39 is 5.97 Å². The number of hydrogen-bond acceptors (Lipinski definition) is 3. The summed E-state index contributed by atoms with van der Waals surface area (Å²) < 4.78 is 0. The lowest BCUT2D eigenvalue weighted by Crippen LogP contribution is -2.65. The van der Waals surface area contributed by atoms with E-state index in [0.717, 1.165) is 19.3 Å². The molecule has 1 amide bonds. The van der Waals surface area contributed by atoms with E-state index in [-0.39, 0.29) is 33.0 Å². The zero-order valence-electron chi connectivity index (χ0n) is 29.6. The molecule has 0 bridgehead atoms. The number of carboxylic acids is 1. The average Bonchev–Trinajstić information content (AvgIpc) is 3.40. The lowest BCUT2D eigenvalue weighted by atomic mass is 9.32. The van der Waals surface area contributed by atoms with E-state index in [9.17, 15) is 14.7 Å². The Hall–Kier alpha value is -2.66. The molecule has 250 valence electrons. The molecule has 46 heavy (non-hydrogen) atoms. The molecule has 0 aromatic heterocycles. The van der Waals surface area contributed by atoms with Crippen molar-refractivity contribution in [3.63, 3.8) is 0 Å². The largest absolute Gasteiger partial charge is 0.478 e. The first kappa shape index (κ1) is 33.2. The minimum atomic E-state index is -0.873. The Balaban J connectivity index is 1.34. The average molecular weight is 628 g/mol. The van der Waals surface area contributed by atoms with Gasteiger partial charge in [-0.2, -0.15) is 0 Å². The molecule has 4 unspecified atom stereocenters. The maximum atomic E-state index is 12.8. The summed E-state index contributed by atoms with van der Waals surface area (Å²) in [4.78, 5) is 29.6. The number of aromatic carboxylic acids is 1. The van der Waals surface area contributed by atoms with Gasteiger partial charge in [0.2, 0.25) is 0 Å². The Morgan fingerprint density at radius 2 is 1.63 bits per heavy atom. The molecule has 5 nitrogen and oxygen atoms in total. The highest BCUT2D eigenvalue weighted by molar-refractivity contribution is 5.88. The van der Waals surface area contributed by atoms with E-state index in [4.69, 9.17) is 4.84 Å². The van der Waals surface area contributed by atoms with Gasteiger partial charge in [-0.3, -0.25) is 9.63 Å². The number of carbonyl (C=O) groups excluding carboxylic acids is 1. The number of hydroxylamine groups is 2. The molecular weight excluding hydrogens is 570 g/mol. The topological polar surface area (TPSA) is 66.8 Å². The van der Waals surface area contributed by atoms with Gasteiger partial charge >= 0.3 is 5.97 Å². The van der Waals surface area contributed by atoms with E-state index >= 15 is 0 Å². The van der Waals surface area contributed by atoms with Crippen LogP contribution in [0.5, 0.6) is 0 Å². The van der Waals surface area contributed by atoms with Crippen molar-refractivity contribution < 1.29 is 19.5 Å². The first-order valence-electron chi connectivity index (χ1n) is 17.8. The summed E-state index contributed by atoms with van der Waals surface area (Å²) in [6.07, 6.45) is 17.3. The van der Waals surface area contributed by atoms with Gasteiger partial charge < -0.3 is 5.11 Å². The minimum Gasteiger partial charge on any atom is -0.478 e. The van der Waals surface area contributed by atoms with Crippen LogP contribution in [-0.4, -0.2) is 36.2 Å². The number of amides is 1.